The minimum atomic E-state index is -1.87. The number of ketones is 1. The number of aliphatic hydroxyl groups is 3. The molecule has 4 aliphatic carbocycles. The molecule has 4 saturated carbocycles. The molecule has 2 spiro atoms. The van der Waals surface area contributed by atoms with Crippen LogP contribution in [0.25, 0.3) is 0 Å². The Hall–Kier alpha value is -0.750. The standard InChI is InChI=1S/C20H28O5/c1-10-11-4-5-12-18-9-25-20(24,19(12,8-11)15(10)22)16(23)14(18)17(2,3)7-6-13(18)21/h11-14,16,21,23-24H,1,4-9H2,2-3H3/t11-,12+,13+,14-,16+,18-,19-,20-/m1/s1. The third-order valence-electron chi connectivity index (χ3n) is 8.81. The van der Waals surface area contributed by atoms with Crippen LogP contribution in [0.5, 0.6) is 0 Å². The van der Waals surface area contributed by atoms with Crippen LogP contribution in [-0.2, 0) is 9.53 Å². The maximum absolute atomic E-state index is 13.3. The predicted octanol–water partition coefficient (Wildman–Crippen LogP) is 1.40. The topological polar surface area (TPSA) is 87.0 Å². The molecule has 0 aromatic carbocycles. The summed E-state index contributed by atoms with van der Waals surface area (Å²) in [6, 6.07) is 0. The molecule has 0 amide bonds. The molecule has 0 aromatic rings. The van der Waals surface area contributed by atoms with Gasteiger partial charge in [-0.1, -0.05) is 20.4 Å². The summed E-state index contributed by atoms with van der Waals surface area (Å²) >= 11 is 0. The summed E-state index contributed by atoms with van der Waals surface area (Å²) in [5, 5.41) is 34.0. The van der Waals surface area contributed by atoms with E-state index in [1.807, 2.05) is 0 Å². The number of allylic oxidation sites excluding steroid dienone is 1. The van der Waals surface area contributed by atoms with E-state index >= 15 is 0 Å². The lowest BCUT2D eigenvalue weighted by Crippen LogP contribution is -2.83. The molecule has 2 heterocycles. The summed E-state index contributed by atoms with van der Waals surface area (Å²) in [7, 11) is 0. The van der Waals surface area contributed by atoms with Gasteiger partial charge in [0.2, 0.25) is 5.79 Å². The minimum Gasteiger partial charge on any atom is -0.392 e. The van der Waals surface area contributed by atoms with E-state index in [9.17, 15) is 20.1 Å². The Kier molecular flexibility index (Phi) is 2.88. The van der Waals surface area contributed by atoms with Crippen LogP contribution >= 0.6 is 0 Å². The quantitative estimate of drug-likeness (QED) is 0.576. The summed E-state index contributed by atoms with van der Waals surface area (Å²) in [6.45, 7) is 8.41. The minimum absolute atomic E-state index is 0.0616. The van der Waals surface area contributed by atoms with Crippen LogP contribution in [0.1, 0.15) is 46.0 Å². The van der Waals surface area contributed by atoms with Gasteiger partial charge in [0.1, 0.15) is 6.10 Å². The van der Waals surface area contributed by atoms with E-state index in [1.54, 1.807) is 0 Å². The third kappa shape index (κ3) is 1.44. The predicted molar refractivity (Wildman–Crippen MR) is 89.3 cm³/mol. The zero-order valence-corrected chi connectivity index (χ0v) is 15.0. The Morgan fingerprint density at radius 3 is 2.64 bits per heavy atom. The van der Waals surface area contributed by atoms with E-state index in [-0.39, 0.29) is 35.6 Å². The van der Waals surface area contributed by atoms with Crippen molar-refractivity contribution in [1.82, 2.24) is 0 Å². The van der Waals surface area contributed by atoms with Gasteiger partial charge in [0.25, 0.3) is 0 Å². The SMILES string of the molecule is C=C1C(=O)[C@@]23C[C@H]1CC[C@H]2[C@@]12CO[C@]3(O)[C@@H](O)[C@@H]1C(C)(C)CC[C@@H]2O. The van der Waals surface area contributed by atoms with Gasteiger partial charge in [0, 0.05) is 11.3 Å². The lowest BCUT2D eigenvalue weighted by molar-refractivity contribution is -0.448. The molecule has 8 atom stereocenters. The molecule has 2 aliphatic heterocycles. The molecule has 5 nitrogen and oxygen atoms in total. The van der Waals surface area contributed by atoms with E-state index in [0.29, 0.717) is 18.4 Å². The summed E-state index contributed by atoms with van der Waals surface area (Å²) in [5.41, 5.74) is -1.48. The van der Waals surface area contributed by atoms with Gasteiger partial charge in [0.15, 0.2) is 5.78 Å². The Morgan fingerprint density at radius 1 is 1.20 bits per heavy atom. The highest BCUT2D eigenvalue weighted by Crippen LogP contribution is 2.76. The van der Waals surface area contributed by atoms with Gasteiger partial charge in [-0.2, -0.15) is 0 Å². The van der Waals surface area contributed by atoms with Crippen molar-refractivity contribution in [3.05, 3.63) is 12.2 Å². The highest BCUT2D eigenvalue weighted by atomic mass is 16.6. The normalized spacial score (nSPS) is 58.8. The van der Waals surface area contributed by atoms with E-state index in [1.165, 1.54) is 0 Å². The summed E-state index contributed by atoms with van der Waals surface area (Å²) in [6.07, 6.45) is 1.77. The first kappa shape index (κ1) is 16.4. The van der Waals surface area contributed by atoms with Crippen LogP contribution in [-0.4, -0.2) is 45.7 Å². The Balaban J connectivity index is 1.79. The van der Waals surface area contributed by atoms with Crippen molar-refractivity contribution in [2.75, 3.05) is 6.61 Å². The highest BCUT2D eigenvalue weighted by molar-refractivity contribution is 6.04. The molecule has 6 aliphatic rings. The Morgan fingerprint density at radius 2 is 1.92 bits per heavy atom. The van der Waals surface area contributed by atoms with Gasteiger partial charge < -0.3 is 20.1 Å². The van der Waals surface area contributed by atoms with E-state index in [2.05, 4.69) is 20.4 Å². The zero-order chi connectivity index (χ0) is 18.0. The van der Waals surface area contributed by atoms with Crippen LogP contribution < -0.4 is 0 Å². The smallest absolute Gasteiger partial charge is 0.205 e. The van der Waals surface area contributed by atoms with Crippen molar-refractivity contribution in [2.24, 2.45) is 34.0 Å². The molecule has 0 aromatic heterocycles. The van der Waals surface area contributed by atoms with Crippen LogP contribution in [0, 0.1) is 34.0 Å². The van der Waals surface area contributed by atoms with Crippen molar-refractivity contribution < 1.29 is 24.9 Å². The number of Topliss-reactive ketones (excluding diaryl/α,β-unsaturated/α-hetero) is 1. The number of carbonyl (C=O) groups excluding carboxylic acids is 1. The molecule has 0 unspecified atom stereocenters. The monoisotopic (exact) mass is 348 g/mol. The number of hydrogen-bond acceptors (Lipinski definition) is 5. The fraction of sp³-hybridized carbons (Fsp3) is 0.850. The number of carbonyl (C=O) groups is 1. The first-order chi connectivity index (χ1) is 11.6. The highest BCUT2D eigenvalue weighted by Gasteiger charge is 2.84. The number of ether oxygens (including phenoxy) is 1. The summed E-state index contributed by atoms with van der Waals surface area (Å²) < 4.78 is 5.89. The van der Waals surface area contributed by atoms with Crippen molar-refractivity contribution in [2.45, 2.75) is 63.9 Å². The first-order valence-electron chi connectivity index (χ1n) is 9.59. The van der Waals surface area contributed by atoms with Crippen molar-refractivity contribution in [1.29, 1.82) is 0 Å². The molecule has 2 saturated heterocycles. The van der Waals surface area contributed by atoms with Gasteiger partial charge in [0.05, 0.1) is 18.1 Å². The summed E-state index contributed by atoms with van der Waals surface area (Å²) in [4.78, 5) is 13.3. The first-order valence-corrected chi connectivity index (χ1v) is 9.59. The van der Waals surface area contributed by atoms with Crippen LogP contribution in [0.2, 0.25) is 0 Å². The largest absolute Gasteiger partial charge is 0.392 e. The van der Waals surface area contributed by atoms with Crippen LogP contribution in [0.15, 0.2) is 12.2 Å². The molecular formula is C20H28O5. The lowest BCUT2D eigenvalue weighted by atomic mass is 9.36. The maximum Gasteiger partial charge on any atom is 0.205 e. The lowest BCUT2D eigenvalue weighted by Gasteiger charge is -2.74. The molecule has 5 heteroatoms. The molecular weight excluding hydrogens is 320 g/mol. The number of fused-ring (bicyclic) bond motifs is 2. The Labute approximate surface area is 148 Å². The number of hydrogen-bond donors (Lipinski definition) is 3. The van der Waals surface area contributed by atoms with Crippen LogP contribution in [0.4, 0.5) is 0 Å². The third-order valence-corrected chi connectivity index (χ3v) is 8.81. The van der Waals surface area contributed by atoms with Gasteiger partial charge in [-0.15, -0.1) is 0 Å². The average molecular weight is 348 g/mol. The summed E-state index contributed by atoms with van der Waals surface area (Å²) in [5.74, 6) is -2.39. The molecule has 0 radical (unpaired) electrons. The molecule has 25 heavy (non-hydrogen) atoms. The van der Waals surface area contributed by atoms with Crippen molar-refractivity contribution in [3.8, 4) is 0 Å². The molecule has 4 bridgehead atoms. The fourth-order valence-corrected chi connectivity index (χ4v) is 7.82. The number of rotatable bonds is 0. The van der Waals surface area contributed by atoms with E-state index in [4.69, 9.17) is 4.74 Å². The molecule has 138 valence electrons. The van der Waals surface area contributed by atoms with Gasteiger partial charge in [-0.05, 0) is 54.9 Å². The second-order valence-electron chi connectivity index (χ2n) is 9.92. The van der Waals surface area contributed by atoms with Crippen LogP contribution in [0.3, 0.4) is 0 Å². The van der Waals surface area contributed by atoms with Gasteiger partial charge in [-0.25, -0.2) is 0 Å². The van der Waals surface area contributed by atoms with E-state index in [0.717, 1.165) is 19.3 Å². The van der Waals surface area contributed by atoms with E-state index < -0.39 is 28.8 Å². The fourth-order valence-electron chi connectivity index (χ4n) is 7.82. The number of aliphatic hydroxyl groups excluding tert-OH is 2. The molecule has 3 N–H and O–H groups in total. The van der Waals surface area contributed by atoms with Gasteiger partial charge in [-0.3, -0.25) is 4.79 Å². The second-order valence-corrected chi connectivity index (χ2v) is 9.92. The van der Waals surface area contributed by atoms with Crippen molar-refractivity contribution >= 4 is 5.78 Å². The molecule has 6 rings (SSSR count). The molecule has 6 fully saturated rings. The van der Waals surface area contributed by atoms with Crippen molar-refractivity contribution in [3.63, 3.8) is 0 Å². The zero-order valence-electron chi connectivity index (χ0n) is 15.0. The Bertz CT molecular complexity index is 686. The maximum atomic E-state index is 13.3. The average Bonchev–Trinajstić information content (AvgIpc) is 2.75. The second kappa shape index (κ2) is 4.38. The van der Waals surface area contributed by atoms with Gasteiger partial charge >= 0.3 is 0 Å².